The highest BCUT2D eigenvalue weighted by Crippen LogP contribution is 2.31. The molecule has 8 heteroatoms. The summed E-state index contributed by atoms with van der Waals surface area (Å²) in [4.78, 5) is 26.8. The van der Waals surface area contributed by atoms with Crippen molar-refractivity contribution in [1.82, 2.24) is 4.98 Å². The summed E-state index contributed by atoms with van der Waals surface area (Å²) in [5.41, 5.74) is 0.233. The number of aromatic carboxylic acids is 1. The zero-order chi connectivity index (χ0) is 15.6. The molecule has 5 nitrogen and oxygen atoms in total. The normalized spacial score (nSPS) is 10.2. The van der Waals surface area contributed by atoms with Crippen LogP contribution in [0.1, 0.15) is 20.8 Å². The number of carboxylic acids is 1. The Hall–Kier alpha value is -1.82. The third kappa shape index (κ3) is 3.44. The van der Waals surface area contributed by atoms with Gasteiger partial charge in [0.1, 0.15) is 5.69 Å². The van der Waals surface area contributed by atoms with Crippen molar-refractivity contribution in [3.8, 4) is 0 Å². The Kier molecular flexibility index (Phi) is 4.67. The molecular weight excluding hydrogens is 339 g/mol. The molecule has 1 aromatic heterocycles. The Morgan fingerprint density at radius 3 is 2.52 bits per heavy atom. The van der Waals surface area contributed by atoms with Crippen LogP contribution in [0.5, 0.6) is 0 Å². The topological polar surface area (TPSA) is 79.3 Å². The maximum atomic E-state index is 12.1. The lowest BCUT2D eigenvalue weighted by Crippen LogP contribution is -2.15. The summed E-state index contributed by atoms with van der Waals surface area (Å²) in [5.74, 6) is -1.72. The number of carbonyl (C=O) groups excluding carboxylic acids is 1. The fraction of sp³-hybridized carbons (Fsp3) is 0. The van der Waals surface area contributed by atoms with Crippen molar-refractivity contribution in [1.29, 1.82) is 0 Å². The summed E-state index contributed by atoms with van der Waals surface area (Å²) in [7, 11) is 0. The highest BCUT2D eigenvalue weighted by molar-refractivity contribution is 6.49. The number of aromatic nitrogens is 1. The number of anilines is 1. The van der Waals surface area contributed by atoms with Crippen LogP contribution >= 0.6 is 34.8 Å². The molecule has 1 heterocycles. The number of benzene rings is 1. The Balaban J connectivity index is 2.28. The zero-order valence-corrected chi connectivity index (χ0v) is 12.5. The van der Waals surface area contributed by atoms with Crippen LogP contribution in [0.3, 0.4) is 0 Å². The number of rotatable bonds is 3. The van der Waals surface area contributed by atoms with E-state index >= 15 is 0 Å². The molecule has 0 aliphatic carbocycles. The highest BCUT2D eigenvalue weighted by Gasteiger charge is 2.17. The number of nitrogens with one attached hydrogen (secondary N) is 1. The van der Waals surface area contributed by atoms with Crippen LogP contribution in [-0.4, -0.2) is 22.0 Å². The molecular formula is C13H7Cl3N2O3. The summed E-state index contributed by atoms with van der Waals surface area (Å²) < 4.78 is 0. The van der Waals surface area contributed by atoms with Crippen molar-refractivity contribution in [3.05, 3.63) is 56.8 Å². The number of pyridine rings is 1. The second-order valence-corrected chi connectivity index (χ2v) is 5.09. The molecule has 2 rings (SSSR count). The van der Waals surface area contributed by atoms with Crippen LogP contribution in [0.15, 0.2) is 30.5 Å². The van der Waals surface area contributed by atoms with Crippen molar-refractivity contribution in [3.63, 3.8) is 0 Å². The first-order valence-electron chi connectivity index (χ1n) is 5.54. The first-order chi connectivity index (χ1) is 9.90. The lowest BCUT2D eigenvalue weighted by atomic mass is 10.2. The predicted molar refractivity (Wildman–Crippen MR) is 80.6 cm³/mol. The molecule has 108 valence electrons. The van der Waals surface area contributed by atoms with Crippen molar-refractivity contribution in [2.45, 2.75) is 0 Å². The maximum Gasteiger partial charge on any atom is 0.335 e. The number of nitrogens with zero attached hydrogens (tertiary/aromatic N) is 1. The molecule has 0 radical (unpaired) electrons. The van der Waals surface area contributed by atoms with E-state index in [-0.39, 0.29) is 26.3 Å². The predicted octanol–water partition coefficient (Wildman–Crippen LogP) is 3.99. The van der Waals surface area contributed by atoms with Gasteiger partial charge < -0.3 is 10.4 Å². The number of amides is 1. The minimum Gasteiger partial charge on any atom is -0.478 e. The van der Waals surface area contributed by atoms with Gasteiger partial charge in [0, 0.05) is 11.9 Å². The molecule has 0 atom stereocenters. The minimum atomic E-state index is -1.10. The molecule has 1 aromatic carbocycles. The largest absolute Gasteiger partial charge is 0.478 e. The summed E-state index contributed by atoms with van der Waals surface area (Å²) in [6.07, 6.45) is 1.21. The van der Waals surface area contributed by atoms with Gasteiger partial charge >= 0.3 is 5.97 Å². The van der Waals surface area contributed by atoms with Gasteiger partial charge in [0.25, 0.3) is 5.91 Å². The first kappa shape index (κ1) is 15.6. The number of carbonyl (C=O) groups is 2. The summed E-state index contributed by atoms with van der Waals surface area (Å²) in [5, 5.41) is 11.5. The van der Waals surface area contributed by atoms with Crippen LogP contribution in [0.2, 0.25) is 15.1 Å². The van der Waals surface area contributed by atoms with E-state index in [9.17, 15) is 9.59 Å². The van der Waals surface area contributed by atoms with Gasteiger partial charge in [-0.2, -0.15) is 0 Å². The van der Waals surface area contributed by atoms with Crippen molar-refractivity contribution in [2.24, 2.45) is 0 Å². The van der Waals surface area contributed by atoms with Gasteiger partial charge in [-0.1, -0.05) is 40.9 Å². The van der Waals surface area contributed by atoms with Gasteiger partial charge in [0.2, 0.25) is 0 Å². The van der Waals surface area contributed by atoms with Gasteiger partial charge in [-0.3, -0.25) is 4.79 Å². The van der Waals surface area contributed by atoms with Gasteiger partial charge in [-0.15, -0.1) is 0 Å². The smallest absolute Gasteiger partial charge is 0.335 e. The van der Waals surface area contributed by atoms with Gasteiger partial charge in [-0.25, -0.2) is 9.78 Å². The van der Waals surface area contributed by atoms with E-state index in [0.29, 0.717) is 5.69 Å². The second-order valence-electron chi connectivity index (χ2n) is 3.92. The fourth-order valence-corrected chi connectivity index (χ4v) is 2.09. The van der Waals surface area contributed by atoms with E-state index in [1.165, 1.54) is 30.5 Å². The van der Waals surface area contributed by atoms with E-state index in [2.05, 4.69) is 10.3 Å². The molecule has 0 bridgehead atoms. The second kappa shape index (κ2) is 6.30. The van der Waals surface area contributed by atoms with Crippen LogP contribution in [0, 0.1) is 0 Å². The Bertz CT molecular complexity index is 735. The number of carboxylic acid groups (broad SMARTS) is 1. The van der Waals surface area contributed by atoms with E-state index in [1.54, 1.807) is 0 Å². The summed E-state index contributed by atoms with van der Waals surface area (Å²) in [6, 6.07) is 5.76. The minimum absolute atomic E-state index is 0.0257. The van der Waals surface area contributed by atoms with E-state index in [0.717, 1.165) is 0 Å². The molecule has 0 aliphatic heterocycles. The summed E-state index contributed by atoms with van der Waals surface area (Å²) >= 11 is 17.5. The van der Waals surface area contributed by atoms with Gasteiger partial charge in [-0.05, 0) is 18.2 Å². The lowest BCUT2D eigenvalue weighted by Gasteiger charge is -2.08. The average molecular weight is 346 g/mol. The van der Waals surface area contributed by atoms with Crippen molar-refractivity contribution in [2.75, 3.05) is 5.32 Å². The number of halogens is 3. The maximum absolute atomic E-state index is 12.1. The monoisotopic (exact) mass is 344 g/mol. The average Bonchev–Trinajstić information content (AvgIpc) is 2.45. The molecule has 0 aliphatic rings. The van der Waals surface area contributed by atoms with Crippen LogP contribution in [0.4, 0.5) is 5.69 Å². The highest BCUT2D eigenvalue weighted by atomic mass is 35.5. The number of hydrogen-bond donors (Lipinski definition) is 2. The van der Waals surface area contributed by atoms with Crippen molar-refractivity contribution < 1.29 is 14.7 Å². The van der Waals surface area contributed by atoms with E-state index in [1.807, 2.05) is 0 Å². The molecule has 21 heavy (non-hydrogen) atoms. The van der Waals surface area contributed by atoms with Crippen LogP contribution in [-0.2, 0) is 0 Å². The van der Waals surface area contributed by atoms with E-state index in [4.69, 9.17) is 39.9 Å². The molecule has 0 fully saturated rings. The molecule has 2 N–H and O–H groups in total. The van der Waals surface area contributed by atoms with Gasteiger partial charge in [0.15, 0.2) is 0 Å². The van der Waals surface area contributed by atoms with Crippen molar-refractivity contribution >= 4 is 52.4 Å². The Morgan fingerprint density at radius 2 is 1.86 bits per heavy atom. The van der Waals surface area contributed by atoms with Gasteiger partial charge in [0.05, 0.1) is 20.6 Å². The Morgan fingerprint density at radius 1 is 1.14 bits per heavy atom. The SMILES string of the molecule is O=C(O)c1cccc(NC(=O)c2ncc(Cl)c(Cl)c2Cl)c1. The van der Waals surface area contributed by atoms with Crippen LogP contribution < -0.4 is 5.32 Å². The fourth-order valence-electron chi connectivity index (χ4n) is 1.52. The molecule has 0 unspecified atom stereocenters. The Labute approximate surface area is 134 Å². The standard InChI is InChI=1S/C13H7Cl3N2O3/c14-8-5-17-11(10(16)9(8)15)12(19)18-7-3-1-2-6(4-7)13(20)21/h1-5H,(H,18,19)(H,20,21). The molecule has 0 saturated heterocycles. The molecule has 0 saturated carbocycles. The zero-order valence-electron chi connectivity index (χ0n) is 10.2. The van der Waals surface area contributed by atoms with Crippen LogP contribution in [0.25, 0.3) is 0 Å². The quantitative estimate of drug-likeness (QED) is 0.881. The number of hydrogen-bond acceptors (Lipinski definition) is 3. The third-order valence-corrected chi connectivity index (χ3v) is 3.74. The summed E-state index contributed by atoms with van der Waals surface area (Å²) in [6.45, 7) is 0. The lowest BCUT2D eigenvalue weighted by molar-refractivity contribution is 0.0696. The third-order valence-electron chi connectivity index (χ3n) is 2.50. The first-order valence-corrected chi connectivity index (χ1v) is 6.67. The molecule has 1 amide bonds. The molecule has 2 aromatic rings. The van der Waals surface area contributed by atoms with E-state index < -0.39 is 11.9 Å². The molecule has 0 spiro atoms.